The van der Waals surface area contributed by atoms with E-state index in [2.05, 4.69) is 31.2 Å². The topological polar surface area (TPSA) is 29.9 Å². The number of nitrogens with zero attached hydrogens (tertiary/aromatic N) is 2. The van der Waals surface area contributed by atoms with Crippen molar-refractivity contribution in [2.45, 2.75) is 40.3 Å². The van der Waals surface area contributed by atoms with Gasteiger partial charge in [-0.05, 0) is 25.8 Å². The van der Waals surface area contributed by atoms with Gasteiger partial charge in [0.15, 0.2) is 0 Å². The van der Waals surface area contributed by atoms with Crippen molar-refractivity contribution in [3.63, 3.8) is 0 Å². The van der Waals surface area contributed by atoms with Crippen LogP contribution in [0, 0.1) is 12.8 Å². The molecule has 1 heterocycles. The van der Waals surface area contributed by atoms with E-state index in [1.807, 2.05) is 23.9 Å². The molecule has 80 valence electrons. The third kappa shape index (κ3) is 3.50. The lowest BCUT2D eigenvalue weighted by Gasteiger charge is -2.17. The molecular formula is C11H21N3. The fraction of sp³-hybridized carbons (Fsp3) is 0.727. The van der Waals surface area contributed by atoms with Gasteiger partial charge < -0.3 is 5.32 Å². The Morgan fingerprint density at radius 3 is 2.64 bits per heavy atom. The van der Waals surface area contributed by atoms with Crippen LogP contribution in [0.2, 0.25) is 0 Å². The van der Waals surface area contributed by atoms with Gasteiger partial charge in [0, 0.05) is 18.8 Å². The van der Waals surface area contributed by atoms with Crippen LogP contribution in [0.15, 0.2) is 12.3 Å². The number of nitrogens with one attached hydrogen (secondary N) is 1. The van der Waals surface area contributed by atoms with Crippen molar-refractivity contribution in [3.8, 4) is 0 Å². The summed E-state index contributed by atoms with van der Waals surface area (Å²) in [5.74, 6) is 0.689. The van der Waals surface area contributed by atoms with Crippen LogP contribution < -0.4 is 5.32 Å². The van der Waals surface area contributed by atoms with Crippen molar-refractivity contribution in [1.29, 1.82) is 0 Å². The van der Waals surface area contributed by atoms with Crippen LogP contribution >= 0.6 is 0 Å². The fourth-order valence-corrected chi connectivity index (χ4v) is 1.23. The minimum Gasteiger partial charge on any atom is -0.312 e. The highest BCUT2D eigenvalue weighted by atomic mass is 15.3. The Kier molecular flexibility index (Phi) is 4.14. The van der Waals surface area contributed by atoms with Gasteiger partial charge >= 0.3 is 0 Å². The van der Waals surface area contributed by atoms with Gasteiger partial charge in [-0.25, -0.2) is 0 Å². The van der Waals surface area contributed by atoms with Crippen LogP contribution in [0.3, 0.4) is 0 Å². The molecule has 1 aromatic heterocycles. The average Bonchev–Trinajstić information content (AvgIpc) is 2.51. The molecule has 0 radical (unpaired) electrons. The lowest BCUT2D eigenvalue weighted by atomic mass is 10.1. The molecule has 3 nitrogen and oxygen atoms in total. The summed E-state index contributed by atoms with van der Waals surface area (Å²) in [5.41, 5.74) is 1.09. The number of rotatable bonds is 5. The van der Waals surface area contributed by atoms with Gasteiger partial charge in [0.2, 0.25) is 0 Å². The molecule has 1 N–H and O–H groups in total. The molecule has 1 atom stereocenters. The summed E-state index contributed by atoms with van der Waals surface area (Å²) in [7, 11) is 0. The maximum Gasteiger partial charge on any atom is 0.0593 e. The largest absolute Gasteiger partial charge is 0.312 e. The van der Waals surface area contributed by atoms with Crippen molar-refractivity contribution in [2.24, 2.45) is 5.92 Å². The molecule has 0 saturated carbocycles. The standard InChI is InChI=1S/C11H21N3/c1-9(2)11(4)12-6-8-14-7-5-10(3)13-14/h5,7,9,11-12H,6,8H2,1-4H3. The fourth-order valence-electron chi connectivity index (χ4n) is 1.23. The highest BCUT2D eigenvalue weighted by Gasteiger charge is 2.04. The third-order valence-electron chi connectivity index (χ3n) is 2.58. The van der Waals surface area contributed by atoms with Crippen molar-refractivity contribution in [1.82, 2.24) is 15.1 Å². The molecule has 3 heteroatoms. The van der Waals surface area contributed by atoms with Gasteiger partial charge in [0.05, 0.1) is 12.2 Å². The van der Waals surface area contributed by atoms with E-state index in [1.165, 1.54) is 0 Å². The van der Waals surface area contributed by atoms with E-state index in [-0.39, 0.29) is 0 Å². The summed E-state index contributed by atoms with van der Waals surface area (Å²) < 4.78 is 1.98. The van der Waals surface area contributed by atoms with Gasteiger partial charge in [-0.1, -0.05) is 13.8 Å². The van der Waals surface area contributed by atoms with Crippen LogP contribution in [0.4, 0.5) is 0 Å². The van der Waals surface area contributed by atoms with E-state index in [0.29, 0.717) is 12.0 Å². The Balaban J connectivity index is 2.22. The Labute approximate surface area is 86.5 Å². The Hall–Kier alpha value is -0.830. The molecule has 0 amide bonds. The minimum absolute atomic E-state index is 0.576. The highest BCUT2D eigenvalue weighted by molar-refractivity contribution is 4.94. The van der Waals surface area contributed by atoms with Gasteiger partial charge in [-0.15, -0.1) is 0 Å². The summed E-state index contributed by atoms with van der Waals surface area (Å²) >= 11 is 0. The number of aromatic nitrogens is 2. The van der Waals surface area contributed by atoms with Crippen LogP contribution in [-0.2, 0) is 6.54 Å². The van der Waals surface area contributed by atoms with Crippen LogP contribution in [-0.4, -0.2) is 22.4 Å². The first-order valence-corrected chi connectivity index (χ1v) is 5.33. The number of hydrogen-bond donors (Lipinski definition) is 1. The van der Waals surface area contributed by atoms with E-state index >= 15 is 0 Å². The zero-order valence-electron chi connectivity index (χ0n) is 9.62. The molecular weight excluding hydrogens is 174 g/mol. The number of hydrogen-bond acceptors (Lipinski definition) is 2. The maximum atomic E-state index is 4.33. The third-order valence-corrected chi connectivity index (χ3v) is 2.58. The zero-order chi connectivity index (χ0) is 10.6. The Morgan fingerprint density at radius 1 is 1.43 bits per heavy atom. The predicted octanol–water partition coefficient (Wildman–Crippen LogP) is 1.83. The highest BCUT2D eigenvalue weighted by Crippen LogP contribution is 1.99. The van der Waals surface area contributed by atoms with Crippen LogP contribution in [0.1, 0.15) is 26.5 Å². The summed E-state index contributed by atoms with van der Waals surface area (Å²) in [4.78, 5) is 0. The van der Waals surface area contributed by atoms with Crippen molar-refractivity contribution in [3.05, 3.63) is 18.0 Å². The van der Waals surface area contributed by atoms with Crippen molar-refractivity contribution < 1.29 is 0 Å². The summed E-state index contributed by atoms with van der Waals surface area (Å²) in [6.45, 7) is 10.6. The van der Waals surface area contributed by atoms with E-state index in [1.54, 1.807) is 0 Å². The molecule has 0 aliphatic carbocycles. The lowest BCUT2D eigenvalue weighted by Crippen LogP contribution is -2.33. The maximum absolute atomic E-state index is 4.33. The van der Waals surface area contributed by atoms with Crippen molar-refractivity contribution >= 4 is 0 Å². The monoisotopic (exact) mass is 195 g/mol. The van der Waals surface area contributed by atoms with E-state index in [4.69, 9.17) is 0 Å². The molecule has 0 aromatic carbocycles. The zero-order valence-corrected chi connectivity index (χ0v) is 9.62. The second-order valence-electron chi connectivity index (χ2n) is 4.21. The summed E-state index contributed by atoms with van der Waals surface area (Å²) in [6.07, 6.45) is 2.02. The molecule has 0 aliphatic heterocycles. The van der Waals surface area contributed by atoms with E-state index in [9.17, 15) is 0 Å². The SMILES string of the molecule is Cc1ccn(CCNC(C)C(C)C)n1. The Bertz CT molecular complexity index is 265. The molecule has 0 fully saturated rings. The van der Waals surface area contributed by atoms with Gasteiger partial charge in [0.25, 0.3) is 0 Å². The summed E-state index contributed by atoms with van der Waals surface area (Å²) in [6, 6.07) is 2.61. The lowest BCUT2D eigenvalue weighted by molar-refractivity contribution is 0.410. The molecule has 0 saturated heterocycles. The molecule has 1 unspecified atom stereocenters. The second kappa shape index (κ2) is 5.15. The first-order chi connectivity index (χ1) is 6.59. The number of aryl methyl sites for hydroxylation is 1. The molecule has 0 aliphatic rings. The Morgan fingerprint density at radius 2 is 2.14 bits per heavy atom. The molecule has 0 bridgehead atoms. The minimum atomic E-state index is 0.576. The first kappa shape index (κ1) is 11.2. The molecule has 1 rings (SSSR count). The molecule has 0 spiro atoms. The molecule has 1 aromatic rings. The van der Waals surface area contributed by atoms with Crippen LogP contribution in [0.5, 0.6) is 0 Å². The van der Waals surface area contributed by atoms with Gasteiger partial charge in [-0.2, -0.15) is 5.10 Å². The predicted molar refractivity (Wildman–Crippen MR) is 59.3 cm³/mol. The average molecular weight is 195 g/mol. The smallest absolute Gasteiger partial charge is 0.0593 e. The van der Waals surface area contributed by atoms with Crippen LogP contribution in [0.25, 0.3) is 0 Å². The first-order valence-electron chi connectivity index (χ1n) is 5.33. The second-order valence-corrected chi connectivity index (χ2v) is 4.21. The van der Waals surface area contributed by atoms with E-state index < -0.39 is 0 Å². The normalized spacial score (nSPS) is 13.5. The van der Waals surface area contributed by atoms with E-state index in [0.717, 1.165) is 18.8 Å². The quantitative estimate of drug-likeness (QED) is 0.776. The molecule has 14 heavy (non-hydrogen) atoms. The van der Waals surface area contributed by atoms with Gasteiger partial charge in [0.1, 0.15) is 0 Å². The van der Waals surface area contributed by atoms with Gasteiger partial charge in [-0.3, -0.25) is 4.68 Å². The summed E-state index contributed by atoms with van der Waals surface area (Å²) in [5, 5.41) is 7.81. The van der Waals surface area contributed by atoms with Crippen molar-refractivity contribution in [2.75, 3.05) is 6.54 Å².